The molecule has 0 radical (unpaired) electrons. The van der Waals surface area contributed by atoms with Gasteiger partial charge in [0.25, 0.3) is 0 Å². The second kappa shape index (κ2) is 10.9. The van der Waals surface area contributed by atoms with E-state index in [-0.39, 0.29) is 0 Å². The monoisotopic (exact) mass is 413 g/mol. The molecule has 3 aromatic carbocycles. The van der Waals surface area contributed by atoms with Gasteiger partial charge in [0.1, 0.15) is 12.5 Å². The van der Waals surface area contributed by atoms with Crippen molar-refractivity contribution in [2.45, 2.75) is 19.8 Å². The first-order valence-electron chi connectivity index (χ1n) is 11.2. The minimum absolute atomic E-state index is 0.611. The summed E-state index contributed by atoms with van der Waals surface area (Å²) in [5.41, 5.74) is 6.64. The molecule has 0 aliphatic carbocycles. The Hall–Kier alpha value is -2.88. The first-order chi connectivity index (χ1) is 15.3. The molecule has 0 N–H and O–H groups in total. The van der Waals surface area contributed by atoms with E-state index in [0.717, 1.165) is 44.9 Å². The highest BCUT2D eigenvalue weighted by Gasteiger charge is 2.13. The van der Waals surface area contributed by atoms with E-state index in [2.05, 4.69) is 96.8 Å². The Kier molecular flexibility index (Phi) is 7.54. The molecule has 1 aliphatic heterocycles. The maximum Gasteiger partial charge on any atom is 0.142 e. The van der Waals surface area contributed by atoms with Gasteiger partial charge in [-0.05, 0) is 52.8 Å². The van der Waals surface area contributed by atoms with E-state index in [0.29, 0.717) is 6.73 Å². The van der Waals surface area contributed by atoms with Crippen molar-refractivity contribution < 1.29 is 9.47 Å². The average molecular weight is 414 g/mol. The van der Waals surface area contributed by atoms with Gasteiger partial charge in [-0.3, -0.25) is 4.90 Å². The Bertz CT molecular complexity index is 959. The summed E-state index contributed by atoms with van der Waals surface area (Å²) in [6, 6.07) is 30.0. The van der Waals surface area contributed by atoms with Crippen LogP contribution in [0.5, 0.6) is 5.75 Å². The molecule has 1 heterocycles. The number of ether oxygens (including phenoxy) is 2. The van der Waals surface area contributed by atoms with Gasteiger partial charge in [0.2, 0.25) is 0 Å². The molecule has 0 amide bonds. The highest BCUT2D eigenvalue weighted by molar-refractivity contribution is 5.91. The van der Waals surface area contributed by atoms with E-state index in [9.17, 15) is 0 Å². The lowest BCUT2D eigenvalue weighted by atomic mass is 9.89. The maximum absolute atomic E-state index is 6.02. The Labute approximate surface area is 185 Å². The van der Waals surface area contributed by atoms with Crippen molar-refractivity contribution in [1.29, 1.82) is 0 Å². The van der Waals surface area contributed by atoms with Crippen LogP contribution in [0.3, 0.4) is 0 Å². The number of rotatable bonds is 8. The van der Waals surface area contributed by atoms with Crippen LogP contribution >= 0.6 is 0 Å². The van der Waals surface area contributed by atoms with Crippen LogP contribution < -0.4 is 4.74 Å². The first-order valence-corrected chi connectivity index (χ1v) is 11.2. The molecular weight excluding hydrogens is 382 g/mol. The number of nitrogens with zero attached hydrogens (tertiary/aromatic N) is 1. The molecule has 4 rings (SSSR count). The van der Waals surface area contributed by atoms with Crippen LogP contribution in [0, 0.1) is 0 Å². The number of benzene rings is 3. The molecule has 0 saturated carbocycles. The highest BCUT2D eigenvalue weighted by atomic mass is 16.5. The highest BCUT2D eigenvalue weighted by Crippen LogP contribution is 2.32. The molecule has 0 bridgehead atoms. The zero-order valence-electron chi connectivity index (χ0n) is 18.3. The van der Waals surface area contributed by atoms with E-state index >= 15 is 0 Å². The topological polar surface area (TPSA) is 21.7 Å². The molecule has 160 valence electrons. The van der Waals surface area contributed by atoms with Crippen molar-refractivity contribution in [3.63, 3.8) is 0 Å². The largest absolute Gasteiger partial charge is 0.478 e. The van der Waals surface area contributed by atoms with Crippen molar-refractivity contribution in [3.8, 4) is 5.75 Å². The predicted molar refractivity (Wildman–Crippen MR) is 128 cm³/mol. The Morgan fingerprint density at radius 2 is 1.39 bits per heavy atom. The SMILES string of the molecule is CC/C(=C(\Cc1ccccc1)c1ccc(OCN2CCOCC2)cc1)c1ccccc1. The van der Waals surface area contributed by atoms with E-state index < -0.39 is 0 Å². The molecule has 3 aromatic rings. The molecule has 0 aromatic heterocycles. The van der Waals surface area contributed by atoms with Gasteiger partial charge in [0.05, 0.1) is 13.2 Å². The van der Waals surface area contributed by atoms with Gasteiger partial charge >= 0.3 is 0 Å². The lowest BCUT2D eigenvalue weighted by molar-refractivity contribution is 0.00407. The minimum Gasteiger partial charge on any atom is -0.478 e. The molecule has 3 heteroatoms. The Morgan fingerprint density at radius 1 is 0.774 bits per heavy atom. The van der Waals surface area contributed by atoms with Crippen molar-refractivity contribution in [2.24, 2.45) is 0 Å². The minimum atomic E-state index is 0.611. The second-order valence-corrected chi connectivity index (χ2v) is 7.87. The summed E-state index contributed by atoms with van der Waals surface area (Å²) in [4.78, 5) is 2.28. The molecule has 1 fully saturated rings. The summed E-state index contributed by atoms with van der Waals surface area (Å²) in [5.74, 6) is 0.909. The van der Waals surface area contributed by atoms with Gasteiger partial charge < -0.3 is 9.47 Å². The standard InChI is InChI=1S/C28H31NO2/c1-2-27(24-11-7-4-8-12-24)28(21-23-9-5-3-6-10-23)25-13-15-26(16-14-25)31-22-29-17-19-30-20-18-29/h3-16H,2,17-22H2,1H3/b28-27-. The molecule has 0 spiro atoms. The molecule has 3 nitrogen and oxygen atoms in total. The number of hydrogen-bond acceptors (Lipinski definition) is 3. The van der Waals surface area contributed by atoms with Gasteiger partial charge in [-0.2, -0.15) is 0 Å². The summed E-state index contributed by atoms with van der Waals surface area (Å²) < 4.78 is 11.4. The van der Waals surface area contributed by atoms with E-state index in [4.69, 9.17) is 9.47 Å². The van der Waals surface area contributed by atoms with E-state index in [1.165, 1.54) is 27.8 Å². The summed E-state index contributed by atoms with van der Waals surface area (Å²) >= 11 is 0. The molecule has 1 saturated heterocycles. The zero-order valence-corrected chi connectivity index (χ0v) is 18.3. The quantitative estimate of drug-likeness (QED) is 0.428. The van der Waals surface area contributed by atoms with E-state index in [1.807, 2.05) is 0 Å². The van der Waals surface area contributed by atoms with Crippen LogP contribution in [0.2, 0.25) is 0 Å². The van der Waals surface area contributed by atoms with Crippen LogP contribution in [-0.2, 0) is 11.2 Å². The average Bonchev–Trinajstić information content (AvgIpc) is 2.85. The van der Waals surface area contributed by atoms with Crippen molar-refractivity contribution in [1.82, 2.24) is 4.90 Å². The smallest absolute Gasteiger partial charge is 0.142 e. The van der Waals surface area contributed by atoms with Crippen molar-refractivity contribution in [3.05, 3.63) is 102 Å². The fourth-order valence-corrected chi connectivity index (χ4v) is 4.06. The predicted octanol–water partition coefficient (Wildman–Crippen LogP) is 5.92. The third kappa shape index (κ3) is 5.84. The maximum atomic E-state index is 6.02. The van der Waals surface area contributed by atoms with Gasteiger partial charge in [-0.1, -0.05) is 79.7 Å². The molecular formula is C28H31NO2. The summed E-state index contributed by atoms with van der Waals surface area (Å²) in [7, 11) is 0. The Morgan fingerprint density at radius 3 is 2.03 bits per heavy atom. The van der Waals surface area contributed by atoms with E-state index in [1.54, 1.807) is 0 Å². The lowest BCUT2D eigenvalue weighted by Gasteiger charge is -2.26. The lowest BCUT2D eigenvalue weighted by Crippen LogP contribution is -2.38. The molecule has 0 atom stereocenters. The number of hydrogen-bond donors (Lipinski definition) is 0. The fraction of sp³-hybridized carbons (Fsp3) is 0.286. The number of allylic oxidation sites excluding steroid dienone is 2. The summed E-state index contributed by atoms with van der Waals surface area (Å²) in [6.45, 7) is 6.29. The third-order valence-corrected chi connectivity index (χ3v) is 5.78. The zero-order chi connectivity index (χ0) is 21.3. The van der Waals surface area contributed by atoms with Gasteiger partial charge in [-0.15, -0.1) is 0 Å². The van der Waals surface area contributed by atoms with Gasteiger partial charge in [0, 0.05) is 13.1 Å². The van der Waals surface area contributed by atoms with Crippen molar-refractivity contribution in [2.75, 3.05) is 33.0 Å². The first kappa shape index (κ1) is 21.4. The Balaban J connectivity index is 1.59. The number of morpholine rings is 1. The van der Waals surface area contributed by atoms with Gasteiger partial charge in [-0.25, -0.2) is 0 Å². The molecule has 31 heavy (non-hydrogen) atoms. The molecule has 0 unspecified atom stereocenters. The molecule has 1 aliphatic rings. The summed E-state index contributed by atoms with van der Waals surface area (Å²) in [5, 5.41) is 0. The van der Waals surface area contributed by atoms with Crippen molar-refractivity contribution >= 4 is 11.1 Å². The van der Waals surface area contributed by atoms with Crippen LogP contribution in [0.4, 0.5) is 0 Å². The van der Waals surface area contributed by atoms with Crippen LogP contribution in [0.15, 0.2) is 84.9 Å². The fourth-order valence-electron chi connectivity index (χ4n) is 4.06. The normalized spacial score (nSPS) is 15.4. The second-order valence-electron chi connectivity index (χ2n) is 7.87. The van der Waals surface area contributed by atoms with Crippen LogP contribution in [0.1, 0.15) is 30.0 Å². The third-order valence-electron chi connectivity index (χ3n) is 5.78. The van der Waals surface area contributed by atoms with Crippen LogP contribution in [0.25, 0.3) is 11.1 Å². The van der Waals surface area contributed by atoms with Gasteiger partial charge in [0.15, 0.2) is 0 Å². The van der Waals surface area contributed by atoms with Crippen LogP contribution in [-0.4, -0.2) is 37.9 Å². The summed E-state index contributed by atoms with van der Waals surface area (Å²) in [6.07, 6.45) is 1.90.